The van der Waals surface area contributed by atoms with Crippen molar-refractivity contribution < 1.29 is 9.90 Å². The van der Waals surface area contributed by atoms with Crippen LogP contribution < -0.4 is 0 Å². The fourth-order valence-corrected chi connectivity index (χ4v) is 3.09. The van der Waals surface area contributed by atoms with E-state index < -0.39 is 5.97 Å². The van der Waals surface area contributed by atoms with Crippen molar-refractivity contribution in [2.24, 2.45) is 0 Å². The summed E-state index contributed by atoms with van der Waals surface area (Å²) in [6.45, 7) is 5.68. The van der Waals surface area contributed by atoms with Gasteiger partial charge in [0.2, 0.25) is 0 Å². The quantitative estimate of drug-likeness (QED) is 0.751. The molecule has 16 heavy (non-hydrogen) atoms. The molecule has 1 heterocycles. The summed E-state index contributed by atoms with van der Waals surface area (Å²) in [7, 11) is 0. The standard InChI is InChI=1S/C11H21NO2S.ClH/c1-2-10-9-12(7-8-15-10)6-4-3-5-11(13)14;/h10H,2-9H2,1H3,(H,13,14);1H. The molecule has 1 atom stereocenters. The van der Waals surface area contributed by atoms with Gasteiger partial charge in [0.05, 0.1) is 0 Å². The van der Waals surface area contributed by atoms with Crippen LogP contribution in [0.15, 0.2) is 0 Å². The zero-order chi connectivity index (χ0) is 11.1. The molecule has 0 spiro atoms. The molecule has 1 unspecified atom stereocenters. The van der Waals surface area contributed by atoms with Gasteiger partial charge in [0.15, 0.2) is 0 Å². The maximum absolute atomic E-state index is 10.3. The topological polar surface area (TPSA) is 40.5 Å². The van der Waals surface area contributed by atoms with E-state index in [1.807, 2.05) is 0 Å². The Morgan fingerprint density at radius 3 is 2.88 bits per heavy atom. The molecule has 0 bridgehead atoms. The minimum atomic E-state index is -0.671. The Morgan fingerprint density at radius 1 is 1.50 bits per heavy atom. The van der Waals surface area contributed by atoms with E-state index in [0.29, 0.717) is 6.42 Å². The van der Waals surface area contributed by atoms with Crippen LogP contribution in [0, 0.1) is 0 Å². The number of carbonyl (C=O) groups is 1. The Kier molecular flexibility index (Phi) is 9.18. The van der Waals surface area contributed by atoms with Crippen LogP contribution in [0.25, 0.3) is 0 Å². The van der Waals surface area contributed by atoms with E-state index in [-0.39, 0.29) is 12.4 Å². The first-order valence-electron chi connectivity index (χ1n) is 5.78. The van der Waals surface area contributed by atoms with Gasteiger partial charge in [0, 0.05) is 30.5 Å². The minimum absolute atomic E-state index is 0. The summed E-state index contributed by atoms with van der Waals surface area (Å²) in [4.78, 5) is 12.8. The molecule has 0 aromatic rings. The highest BCUT2D eigenvalue weighted by Crippen LogP contribution is 2.21. The summed E-state index contributed by atoms with van der Waals surface area (Å²) in [6, 6.07) is 0. The molecule has 5 heteroatoms. The average Bonchev–Trinajstić information content (AvgIpc) is 2.24. The third-order valence-corrected chi connectivity index (χ3v) is 4.17. The second-order valence-electron chi connectivity index (χ2n) is 4.05. The third kappa shape index (κ3) is 6.61. The van der Waals surface area contributed by atoms with E-state index in [9.17, 15) is 4.79 Å². The van der Waals surface area contributed by atoms with Crippen LogP contribution in [0.5, 0.6) is 0 Å². The van der Waals surface area contributed by atoms with E-state index in [4.69, 9.17) is 5.11 Å². The molecule has 1 rings (SSSR count). The van der Waals surface area contributed by atoms with Crippen molar-refractivity contribution in [1.82, 2.24) is 4.90 Å². The summed E-state index contributed by atoms with van der Waals surface area (Å²) in [5.41, 5.74) is 0. The van der Waals surface area contributed by atoms with Crippen LogP contribution in [0.1, 0.15) is 32.6 Å². The summed E-state index contributed by atoms with van der Waals surface area (Å²) in [5.74, 6) is 0.563. The van der Waals surface area contributed by atoms with Gasteiger partial charge in [-0.05, 0) is 25.8 Å². The second kappa shape index (κ2) is 9.14. The number of unbranched alkanes of at least 4 members (excludes halogenated alkanes) is 1. The van der Waals surface area contributed by atoms with Gasteiger partial charge in [0.1, 0.15) is 0 Å². The lowest BCUT2D eigenvalue weighted by molar-refractivity contribution is -0.137. The number of carboxylic acids is 1. The fraction of sp³-hybridized carbons (Fsp3) is 0.909. The van der Waals surface area contributed by atoms with Crippen LogP contribution in [-0.4, -0.2) is 46.6 Å². The highest BCUT2D eigenvalue weighted by Gasteiger charge is 2.17. The predicted octanol–water partition coefficient (Wildman–Crippen LogP) is 2.49. The lowest BCUT2D eigenvalue weighted by Gasteiger charge is -2.31. The van der Waals surface area contributed by atoms with Gasteiger partial charge in [-0.2, -0.15) is 11.8 Å². The molecule has 1 N–H and O–H groups in total. The molecule has 1 fully saturated rings. The van der Waals surface area contributed by atoms with Gasteiger partial charge >= 0.3 is 5.97 Å². The maximum Gasteiger partial charge on any atom is 0.303 e. The molecule has 0 aliphatic carbocycles. The highest BCUT2D eigenvalue weighted by molar-refractivity contribution is 8.00. The van der Waals surface area contributed by atoms with Gasteiger partial charge in [-0.3, -0.25) is 4.79 Å². The number of nitrogens with zero attached hydrogens (tertiary/aromatic N) is 1. The Hall–Kier alpha value is 0.0700. The van der Waals surface area contributed by atoms with Crippen molar-refractivity contribution in [2.45, 2.75) is 37.9 Å². The minimum Gasteiger partial charge on any atom is -0.481 e. The van der Waals surface area contributed by atoms with Gasteiger partial charge < -0.3 is 10.0 Å². The van der Waals surface area contributed by atoms with Gasteiger partial charge in [-0.15, -0.1) is 12.4 Å². The summed E-state index contributed by atoms with van der Waals surface area (Å²) >= 11 is 2.08. The predicted molar refractivity (Wildman–Crippen MR) is 71.7 cm³/mol. The number of hydrogen-bond acceptors (Lipinski definition) is 3. The van der Waals surface area contributed by atoms with Crippen molar-refractivity contribution in [3.05, 3.63) is 0 Å². The highest BCUT2D eigenvalue weighted by atomic mass is 35.5. The maximum atomic E-state index is 10.3. The smallest absolute Gasteiger partial charge is 0.303 e. The molecule has 0 amide bonds. The molecule has 0 saturated carbocycles. The van der Waals surface area contributed by atoms with E-state index in [0.717, 1.165) is 24.6 Å². The van der Waals surface area contributed by atoms with Crippen LogP contribution in [0.2, 0.25) is 0 Å². The number of aliphatic carboxylic acids is 1. The lowest BCUT2D eigenvalue weighted by atomic mass is 10.2. The molecule has 1 aliphatic rings. The SMILES string of the molecule is CCC1CN(CCCCC(=O)O)CCS1.Cl. The summed E-state index contributed by atoms with van der Waals surface area (Å²) < 4.78 is 0. The zero-order valence-corrected chi connectivity index (χ0v) is 11.5. The molecule has 0 aromatic heterocycles. The Labute approximate surface area is 108 Å². The van der Waals surface area contributed by atoms with Gasteiger partial charge in [-0.1, -0.05) is 6.92 Å². The summed E-state index contributed by atoms with van der Waals surface area (Å²) in [6.07, 6.45) is 3.40. The Balaban J connectivity index is 0.00000225. The summed E-state index contributed by atoms with van der Waals surface area (Å²) in [5, 5.41) is 9.30. The van der Waals surface area contributed by atoms with E-state index in [1.165, 1.54) is 25.3 Å². The molecule has 1 aliphatic heterocycles. The molecular formula is C11H22ClNO2S. The normalized spacial score (nSPS) is 21.4. The van der Waals surface area contributed by atoms with Crippen LogP contribution in [0.4, 0.5) is 0 Å². The van der Waals surface area contributed by atoms with Crippen molar-refractivity contribution >= 4 is 30.1 Å². The van der Waals surface area contributed by atoms with Crippen LogP contribution in [-0.2, 0) is 4.79 Å². The van der Waals surface area contributed by atoms with E-state index >= 15 is 0 Å². The Bertz CT molecular complexity index is 204. The monoisotopic (exact) mass is 267 g/mol. The molecule has 3 nitrogen and oxygen atoms in total. The van der Waals surface area contributed by atoms with Crippen LogP contribution >= 0.6 is 24.2 Å². The number of rotatable bonds is 6. The van der Waals surface area contributed by atoms with Gasteiger partial charge in [-0.25, -0.2) is 0 Å². The molecular weight excluding hydrogens is 246 g/mol. The third-order valence-electron chi connectivity index (χ3n) is 2.79. The van der Waals surface area contributed by atoms with Crippen molar-refractivity contribution in [1.29, 1.82) is 0 Å². The number of halogens is 1. The average molecular weight is 268 g/mol. The largest absolute Gasteiger partial charge is 0.481 e. The first-order chi connectivity index (χ1) is 7.22. The van der Waals surface area contributed by atoms with Crippen LogP contribution in [0.3, 0.4) is 0 Å². The molecule has 0 radical (unpaired) electrons. The molecule has 1 saturated heterocycles. The first-order valence-corrected chi connectivity index (χ1v) is 6.83. The number of carboxylic acid groups (broad SMARTS) is 1. The zero-order valence-electron chi connectivity index (χ0n) is 9.85. The van der Waals surface area contributed by atoms with Crippen molar-refractivity contribution in [3.63, 3.8) is 0 Å². The van der Waals surface area contributed by atoms with E-state index in [2.05, 4.69) is 23.6 Å². The van der Waals surface area contributed by atoms with Gasteiger partial charge in [0.25, 0.3) is 0 Å². The number of thioether (sulfide) groups is 1. The molecule has 0 aromatic carbocycles. The molecule has 96 valence electrons. The first kappa shape index (κ1) is 16.1. The second-order valence-corrected chi connectivity index (χ2v) is 5.46. The fourth-order valence-electron chi connectivity index (χ4n) is 1.84. The van der Waals surface area contributed by atoms with Crippen molar-refractivity contribution in [3.8, 4) is 0 Å². The lowest BCUT2D eigenvalue weighted by Crippen LogP contribution is -2.38. The van der Waals surface area contributed by atoms with E-state index in [1.54, 1.807) is 0 Å². The Morgan fingerprint density at radius 2 is 2.25 bits per heavy atom. The number of hydrogen-bond donors (Lipinski definition) is 1. The van der Waals surface area contributed by atoms with Crippen molar-refractivity contribution in [2.75, 3.05) is 25.4 Å².